The second-order valence-corrected chi connectivity index (χ2v) is 3.91. The van der Waals surface area contributed by atoms with E-state index in [1.807, 2.05) is 18.5 Å². The highest BCUT2D eigenvalue weighted by Gasteiger charge is 2.24. The molecule has 2 aromatic heterocycles. The molecule has 0 aromatic carbocycles. The van der Waals surface area contributed by atoms with E-state index in [0.29, 0.717) is 6.04 Å². The molecular formula is C12H14N3+. The lowest BCUT2D eigenvalue weighted by Crippen LogP contribution is -2.88. The van der Waals surface area contributed by atoms with E-state index in [9.17, 15) is 0 Å². The lowest BCUT2D eigenvalue weighted by Gasteiger charge is -2.23. The van der Waals surface area contributed by atoms with Crippen LogP contribution in [-0.4, -0.2) is 16.1 Å². The van der Waals surface area contributed by atoms with E-state index < -0.39 is 0 Å². The smallest absolute Gasteiger partial charge is 0.154 e. The zero-order chi connectivity index (χ0) is 10.1. The summed E-state index contributed by atoms with van der Waals surface area (Å²) < 4.78 is 2.33. The molecule has 0 amide bonds. The van der Waals surface area contributed by atoms with Crippen LogP contribution in [0, 0.1) is 0 Å². The molecule has 3 heterocycles. The Morgan fingerprint density at radius 2 is 2.33 bits per heavy atom. The maximum absolute atomic E-state index is 4.19. The fraction of sp³-hybridized carbons (Fsp3) is 0.250. The third-order valence-corrected chi connectivity index (χ3v) is 3.00. The molecule has 2 N–H and O–H groups in total. The summed E-state index contributed by atoms with van der Waals surface area (Å²) in [6.07, 6.45) is 5.95. The van der Waals surface area contributed by atoms with Gasteiger partial charge in [0.05, 0.1) is 18.8 Å². The molecule has 0 fully saturated rings. The second kappa shape index (κ2) is 3.51. The SMILES string of the molecule is c1cncc([C@H]2[NH2+]CCn3cccc32)c1. The van der Waals surface area contributed by atoms with Crippen molar-refractivity contribution >= 4 is 0 Å². The average molecular weight is 200 g/mol. The molecule has 0 bridgehead atoms. The Labute approximate surface area is 88.8 Å². The van der Waals surface area contributed by atoms with Gasteiger partial charge in [-0.15, -0.1) is 0 Å². The zero-order valence-electron chi connectivity index (χ0n) is 8.50. The molecule has 0 radical (unpaired) electrons. The number of hydrogen-bond acceptors (Lipinski definition) is 1. The predicted molar refractivity (Wildman–Crippen MR) is 57.3 cm³/mol. The standard InChI is InChI=1S/C12H13N3/c1-3-10(9-13-5-1)12-11-4-2-7-15(11)8-6-14-12/h1-5,7,9,12,14H,6,8H2/p+1/t12-/m1/s1. The van der Waals surface area contributed by atoms with Gasteiger partial charge in [-0.1, -0.05) is 0 Å². The fourth-order valence-corrected chi connectivity index (χ4v) is 2.28. The third kappa shape index (κ3) is 1.45. The number of nitrogens with two attached hydrogens (primary N) is 1. The molecule has 1 atom stereocenters. The van der Waals surface area contributed by atoms with Gasteiger partial charge in [-0.2, -0.15) is 0 Å². The van der Waals surface area contributed by atoms with Crippen LogP contribution in [0.25, 0.3) is 0 Å². The van der Waals surface area contributed by atoms with E-state index in [4.69, 9.17) is 0 Å². The first-order chi connectivity index (χ1) is 7.45. The molecule has 3 heteroatoms. The van der Waals surface area contributed by atoms with Gasteiger partial charge in [0.1, 0.15) is 0 Å². The molecular weight excluding hydrogens is 186 g/mol. The molecule has 0 unspecified atom stereocenters. The molecule has 1 aliphatic heterocycles. The maximum Gasteiger partial charge on any atom is 0.154 e. The summed E-state index contributed by atoms with van der Waals surface area (Å²) in [6, 6.07) is 8.90. The monoisotopic (exact) mass is 200 g/mol. The second-order valence-electron chi connectivity index (χ2n) is 3.91. The van der Waals surface area contributed by atoms with E-state index in [1.165, 1.54) is 11.3 Å². The van der Waals surface area contributed by atoms with Gasteiger partial charge >= 0.3 is 0 Å². The molecule has 3 rings (SSSR count). The summed E-state index contributed by atoms with van der Waals surface area (Å²) in [5.74, 6) is 0. The zero-order valence-corrected chi connectivity index (χ0v) is 8.50. The highest BCUT2D eigenvalue weighted by molar-refractivity contribution is 5.24. The van der Waals surface area contributed by atoms with Gasteiger partial charge in [0.15, 0.2) is 6.04 Å². The first-order valence-corrected chi connectivity index (χ1v) is 5.33. The van der Waals surface area contributed by atoms with Gasteiger partial charge in [0.25, 0.3) is 0 Å². The lowest BCUT2D eigenvalue weighted by molar-refractivity contribution is -0.693. The normalized spacial score (nSPS) is 19.9. The van der Waals surface area contributed by atoms with Crippen molar-refractivity contribution in [2.24, 2.45) is 0 Å². The number of hydrogen-bond donors (Lipinski definition) is 1. The van der Waals surface area contributed by atoms with Crippen molar-refractivity contribution in [3.8, 4) is 0 Å². The number of aromatic nitrogens is 2. The van der Waals surface area contributed by atoms with Gasteiger partial charge < -0.3 is 9.88 Å². The molecule has 2 aromatic rings. The van der Waals surface area contributed by atoms with Crippen LogP contribution in [-0.2, 0) is 6.54 Å². The number of quaternary nitrogens is 1. The minimum atomic E-state index is 0.419. The summed E-state index contributed by atoms with van der Waals surface area (Å²) in [4.78, 5) is 4.19. The number of fused-ring (bicyclic) bond motifs is 1. The van der Waals surface area contributed by atoms with E-state index in [1.54, 1.807) is 0 Å². The maximum atomic E-state index is 4.19. The molecule has 1 aliphatic rings. The summed E-state index contributed by atoms with van der Waals surface area (Å²) >= 11 is 0. The molecule has 0 spiro atoms. The first-order valence-electron chi connectivity index (χ1n) is 5.33. The summed E-state index contributed by atoms with van der Waals surface area (Å²) in [5.41, 5.74) is 2.67. The van der Waals surface area contributed by atoms with Crippen LogP contribution in [0.1, 0.15) is 17.3 Å². The highest BCUT2D eigenvalue weighted by Crippen LogP contribution is 2.19. The quantitative estimate of drug-likeness (QED) is 0.716. The number of nitrogens with zero attached hydrogens (tertiary/aromatic N) is 2. The summed E-state index contributed by atoms with van der Waals surface area (Å²) in [5, 5.41) is 2.38. The van der Waals surface area contributed by atoms with E-state index >= 15 is 0 Å². The van der Waals surface area contributed by atoms with Gasteiger partial charge in [0.2, 0.25) is 0 Å². The van der Waals surface area contributed by atoms with E-state index in [2.05, 4.69) is 39.3 Å². The Balaban J connectivity index is 2.03. The molecule has 76 valence electrons. The highest BCUT2D eigenvalue weighted by atomic mass is 15.1. The third-order valence-electron chi connectivity index (χ3n) is 3.00. The summed E-state index contributed by atoms with van der Waals surface area (Å²) in [7, 11) is 0. The van der Waals surface area contributed by atoms with Crippen LogP contribution in [0.15, 0.2) is 42.9 Å². The van der Waals surface area contributed by atoms with Crippen molar-refractivity contribution in [2.75, 3.05) is 6.54 Å². The Bertz CT molecular complexity index is 447. The number of pyridine rings is 1. The Hall–Kier alpha value is -1.61. The van der Waals surface area contributed by atoms with Crippen LogP contribution in [0.5, 0.6) is 0 Å². The van der Waals surface area contributed by atoms with Crippen LogP contribution in [0.3, 0.4) is 0 Å². The van der Waals surface area contributed by atoms with Crippen LogP contribution in [0.4, 0.5) is 0 Å². The van der Waals surface area contributed by atoms with Gasteiger partial charge in [-0.25, -0.2) is 0 Å². The minimum Gasteiger partial charge on any atom is -0.340 e. The van der Waals surface area contributed by atoms with Gasteiger partial charge in [-0.05, 0) is 24.3 Å². The predicted octanol–water partition coefficient (Wildman–Crippen LogP) is 0.549. The molecule has 0 saturated carbocycles. The van der Waals surface area contributed by atoms with Crippen LogP contribution >= 0.6 is 0 Å². The van der Waals surface area contributed by atoms with Crippen molar-refractivity contribution in [1.82, 2.24) is 9.55 Å². The minimum absolute atomic E-state index is 0.419. The van der Waals surface area contributed by atoms with E-state index in [-0.39, 0.29) is 0 Å². The van der Waals surface area contributed by atoms with Gasteiger partial charge in [0, 0.05) is 24.2 Å². The largest absolute Gasteiger partial charge is 0.340 e. The molecule has 3 nitrogen and oxygen atoms in total. The van der Waals surface area contributed by atoms with Crippen molar-refractivity contribution in [1.29, 1.82) is 0 Å². The van der Waals surface area contributed by atoms with Crippen molar-refractivity contribution in [3.05, 3.63) is 54.1 Å². The van der Waals surface area contributed by atoms with Crippen LogP contribution < -0.4 is 5.32 Å². The van der Waals surface area contributed by atoms with Crippen molar-refractivity contribution in [2.45, 2.75) is 12.6 Å². The average Bonchev–Trinajstić information content (AvgIpc) is 2.78. The Morgan fingerprint density at radius 1 is 1.33 bits per heavy atom. The molecule has 0 aliphatic carbocycles. The molecule has 0 saturated heterocycles. The van der Waals surface area contributed by atoms with E-state index in [0.717, 1.165) is 13.1 Å². The van der Waals surface area contributed by atoms with Gasteiger partial charge in [-0.3, -0.25) is 4.98 Å². The van der Waals surface area contributed by atoms with Crippen molar-refractivity contribution < 1.29 is 5.32 Å². The topological polar surface area (TPSA) is 34.4 Å². The summed E-state index contributed by atoms with van der Waals surface area (Å²) in [6.45, 7) is 2.25. The fourth-order valence-electron chi connectivity index (χ4n) is 2.28. The number of rotatable bonds is 1. The van der Waals surface area contributed by atoms with Crippen LogP contribution in [0.2, 0.25) is 0 Å². The Kier molecular flexibility index (Phi) is 2.03. The molecule has 15 heavy (non-hydrogen) atoms. The van der Waals surface area contributed by atoms with Crippen molar-refractivity contribution in [3.63, 3.8) is 0 Å². The first kappa shape index (κ1) is 8.68. The lowest BCUT2D eigenvalue weighted by atomic mass is 10.0. The Morgan fingerprint density at radius 3 is 3.20 bits per heavy atom.